The summed E-state index contributed by atoms with van der Waals surface area (Å²) in [5.41, 5.74) is 6.24. The van der Waals surface area contributed by atoms with Crippen LogP contribution in [0.15, 0.2) is 53.5 Å². The highest BCUT2D eigenvalue weighted by Crippen LogP contribution is 2.41. The summed E-state index contributed by atoms with van der Waals surface area (Å²) in [6, 6.07) is 17.1. The number of nitrogens with zero attached hydrogens (tertiary/aromatic N) is 1. The maximum Gasteiger partial charge on any atom is 0.0671 e. The molecule has 18 heavy (non-hydrogen) atoms. The summed E-state index contributed by atoms with van der Waals surface area (Å²) in [6.45, 7) is 6.60. The van der Waals surface area contributed by atoms with Gasteiger partial charge in [-0.1, -0.05) is 50.2 Å². The smallest absolute Gasteiger partial charge is 0.0671 e. The molecule has 2 aromatic rings. The molecule has 1 heterocycles. The molecule has 0 aliphatic carbocycles. The molecule has 1 aliphatic heterocycles. The standard InChI is InChI=1S/C17H17N/c1-12-17(2,3)15-11-14(9-10-16(15)18-12)13-7-5-4-6-8-13/h4-11H,1-3H3. The van der Waals surface area contributed by atoms with Crippen LogP contribution >= 0.6 is 0 Å². The molecule has 0 radical (unpaired) electrons. The van der Waals surface area contributed by atoms with Crippen LogP contribution in [0.5, 0.6) is 0 Å². The maximum atomic E-state index is 4.66. The molecule has 0 saturated heterocycles. The molecule has 0 spiro atoms. The number of hydrogen-bond donors (Lipinski definition) is 0. The normalized spacial score (nSPS) is 16.3. The van der Waals surface area contributed by atoms with Gasteiger partial charge in [-0.15, -0.1) is 0 Å². The van der Waals surface area contributed by atoms with Crippen LogP contribution in [0, 0.1) is 0 Å². The Morgan fingerprint density at radius 3 is 2.33 bits per heavy atom. The van der Waals surface area contributed by atoms with Crippen LogP contribution in [0.2, 0.25) is 0 Å². The first-order chi connectivity index (χ1) is 8.59. The van der Waals surface area contributed by atoms with Gasteiger partial charge in [-0.2, -0.15) is 0 Å². The van der Waals surface area contributed by atoms with Gasteiger partial charge in [0.2, 0.25) is 0 Å². The molecule has 0 bridgehead atoms. The zero-order valence-electron chi connectivity index (χ0n) is 11.1. The van der Waals surface area contributed by atoms with Crippen LogP contribution in [0.4, 0.5) is 5.69 Å². The van der Waals surface area contributed by atoms with Gasteiger partial charge in [-0.3, -0.25) is 4.99 Å². The van der Waals surface area contributed by atoms with Crippen molar-refractivity contribution >= 4 is 11.4 Å². The Kier molecular flexibility index (Phi) is 2.37. The van der Waals surface area contributed by atoms with Crippen molar-refractivity contribution in [2.45, 2.75) is 26.2 Å². The van der Waals surface area contributed by atoms with Crippen molar-refractivity contribution < 1.29 is 0 Å². The number of fused-ring (bicyclic) bond motifs is 1. The summed E-state index contributed by atoms with van der Waals surface area (Å²) in [5, 5.41) is 0. The molecule has 2 aromatic carbocycles. The molecular weight excluding hydrogens is 218 g/mol. The lowest BCUT2D eigenvalue weighted by atomic mass is 9.81. The number of aliphatic imine (C=N–C) groups is 1. The highest BCUT2D eigenvalue weighted by Gasteiger charge is 2.32. The van der Waals surface area contributed by atoms with E-state index >= 15 is 0 Å². The molecule has 0 atom stereocenters. The molecule has 0 aromatic heterocycles. The lowest BCUT2D eigenvalue weighted by Crippen LogP contribution is -2.22. The molecule has 3 rings (SSSR count). The summed E-state index contributed by atoms with van der Waals surface area (Å²) in [4.78, 5) is 4.66. The lowest BCUT2D eigenvalue weighted by Gasteiger charge is -2.20. The van der Waals surface area contributed by atoms with E-state index in [1.54, 1.807) is 0 Å². The predicted octanol–water partition coefficient (Wildman–Crippen LogP) is 4.74. The molecule has 0 fully saturated rings. The zero-order valence-corrected chi connectivity index (χ0v) is 11.1. The van der Waals surface area contributed by atoms with Gasteiger partial charge in [0.1, 0.15) is 0 Å². The largest absolute Gasteiger partial charge is 0.257 e. The van der Waals surface area contributed by atoms with Gasteiger partial charge in [0.05, 0.1) is 5.69 Å². The number of hydrogen-bond acceptors (Lipinski definition) is 1. The van der Waals surface area contributed by atoms with Gasteiger partial charge in [-0.05, 0) is 35.7 Å². The van der Waals surface area contributed by atoms with Crippen molar-refractivity contribution in [1.29, 1.82) is 0 Å². The zero-order chi connectivity index (χ0) is 12.8. The summed E-state index contributed by atoms with van der Waals surface area (Å²) in [6.07, 6.45) is 0. The van der Waals surface area contributed by atoms with Gasteiger partial charge >= 0.3 is 0 Å². The summed E-state index contributed by atoms with van der Waals surface area (Å²) in [5.74, 6) is 0. The SMILES string of the molecule is CC1=Nc2ccc(-c3ccccc3)cc2C1(C)C. The van der Waals surface area contributed by atoms with Crippen molar-refractivity contribution in [2.24, 2.45) is 4.99 Å². The summed E-state index contributed by atoms with van der Waals surface area (Å²) in [7, 11) is 0. The van der Waals surface area contributed by atoms with Crippen LogP contribution in [0.1, 0.15) is 26.3 Å². The fourth-order valence-corrected chi connectivity index (χ4v) is 2.46. The van der Waals surface area contributed by atoms with Gasteiger partial charge in [-0.25, -0.2) is 0 Å². The first-order valence-electron chi connectivity index (χ1n) is 6.35. The Morgan fingerprint density at radius 2 is 1.61 bits per heavy atom. The first kappa shape index (κ1) is 11.2. The van der Waals surface area contributed by atoms with E-state index in [0.29, 0.717) is 0 Å². The van der Waals surface area contributed by atoms with E-state index in [1.807, 2.05) is 6.07 Å². The fourth-order valence-electron chi connectivity index (χ4n) is 2.46. The van der Waals surface area contributed by atoms with Gasteiger partial charge in [0.15, 0.2) is 0 Å². The highest BCUT2D eigenvalue weighted by atomic mass is 14.8. The minimum absolute atomic E-state index is 0.0557. The van der Waals surface area contributed by atoms with E-state index in [9.17, 15) is 0 Å². The van der Waals surface area contributed by atoms with Crippen LogP contribution in [-0.2, 0) is 5.41 Å². The minimum atomic E-state index is 0.0557. The predicted molar refractivity (Wildman–Crippen MR) is 77.7 cm³/mol. The van der Waals surface area contributed by atoms with Gasteiger partial charge in [0, 0.05) is 11.1 Å². The third kappa shape index (κ3) is 1.59. The summed E-state index contributed by atoms with van der Waals surface area (Å²) < 4.78 is 0. The maximum absolute atomic E-state index is 4.66. The van der Waals surface area contributed by atoms with Crippen LogP contribution in [-0.4, -0.2) is 5.71 Å². The Labute approximate surface area is 108 Å². The molecule has 1 aliphatic rings. The Morgan fingerprint density at radius 1 is 0.889 bits per heavy atom. The molecule has 1 heteroatoms. The quantitative estimate of drug-likeness (QED) is 0.677. The molecule has 90 valence electrons. The van der Waals surface area contributed by atoms with E-state index in [0.717, 1.165) is 5.69 Å². The second-order valence-electron chi connectivity index (χ2n) is 5.42. The Hall–Kier alpha value is -1.89. The molecule has 0 N–H and O–H groups in total. The Balaban J connectivity index is 2.13. The Bertz CT molecular complexity index is 621. The van der Waals surface area contributed by atoms with E-state index in [1.165, 1.54) is 22.4 Å². The minimum Gasteiger partial charge on any atom is -0.257 e. The third-order valence-corrected chi connectivity index (χ3v) is 3.97. The molecule has 1 nitrogen and oxygen atoms in total. The van der Waals surface area contributed by atoms with E-state index in [-0.39, 0.29) is 5.41 Å². The van der Waals surface area contributed by atoms with Crippen LogP contribution in [0.25, 0.3) is 11.1 Å². The second-order valence-corrected chi connectivity index (χ2v) is 5.42. The van der Waals surface area contributed by atoms with Crippen molar-refractivity contribution in [3.63, 3.8) is 0 Å². The first-order valence-corrected chi connectivity index (χ1v) is 6.35. The number of benzene rings is 2. The highest BCUT2D eigenvalue weighted by molar-refractivity contribution is 6.00. The fraction of sp³-hybridized carbons (Fsp3) is 0.235. The molecule has 0 unspecified atom stereocenters. The van der Waals surface area contributed by atoms with Crippen LogP contribution in [0.3, 0.4) is 0 Å². The molecule has 0 amide bonds. The number of rotatable bonds is 1. The van der Waals surface area contributed by atoms with E-state index in [4.69, 9.17) is 0 Å². The molecule has 0 saturated carbocycles. The third-order valence-electron chi connectivity index (χ3n) is 3.97. The van der Waals surface area contributed by atoms with Gasteiger partial charge < -0.3 is 0 Å². The van der Waals surface area contributed by atoms with Gasteiger partial charge in [0.25, 0.3) is 0 Å². The van der Waals surface area contributed by atoms with Crippen LogP contribution < -0.4 is 0 Å². The van der Waals surface area contributed by atoms with Crippen molar-refractivity contribution in [3.8, 4) is 11.1 Å². The monoisotopic (exact) mass is 235 g/mol. The average molecular weight is 235 g/mol. The lowest BCUT2D eigenvalue weighted by molar-refractivity contribution is 0.733. The topological polar surface area (TPSA) is 12.4 Å². The average Bonchev–Trinajstić information content (AvgIpc) is 2.61. The van der Waals surface area contributed by atoms with Crippen molar-refractivity contribution in [2.75, 3.05) is 0 Å². The second kappa shape index (κ2) is 3.81. The van der Waals surface area contributed by atoms with Crippen molar-refractivity contribution in [3.05, 3.63) is 54.1 Å². The van der Waals surface area contributed by atoms with E-state index in [2.05, 4.69) is 68.2 Å². The molecular formula is C17H17N. The van der Waals surface area contributed by atoms with Crippen molar-refractivity contribution in [1.82, 2.24) is 0 Å². The summed E-state index contributed by atoms with van der Waals surface area (Å²) >= 11 is 0. The van der Waals surface area contributed by atoms with E-state index < -0.39 is 0 Å².